The molecule has 10 heteroatoms. The second-order valence-electron chi connectivity index (χ2n) is 4.67. The van der Waals surface area contributed by atoms with Gasteiger partial charge in [0.2, 0.25) is 0 Å². The van der Waals surface area contributed by atoms with E-state index in [1.807, 2.05) is 0 Å². The van der Waals surface area contributed by atoms with Crippen molar-refractivity contribution in [2.75, 3.05) is 0 Å². The van der Waals surface area contributed by atoms with Crippen molar-refractivity contribution in [1.29, 1.82) is 0 Å². The molecule has 24 heavy (non-hydrogen) atoms. The van der Waals surface area contributed by atoms with Crippen molar-refractivity contribution in [2.45, 2.75) is 0 Å². The summed E-state index contributed by atoms with van der Waals surface area (Å²) in [5.41, 5.74) is -4.65. The van der Waals surface area contributed by atoms with Gasteiger partial charge in [-0.1, -0.05) is 24.4 Å². The van der Waals surface area contributed by atoms with Gasteiger partial charge in [-0.15, -0.1) is 0 Å². The van der Waals surface area contributed by atoms with Crippen LogP contribution in [0.15, 0.2) is 0 Å². The first-order valence-corrected chi connectivity index (χ1v) is 6.74. The maximum Gasteiger partial charge on any atom is 0.198 e. The van der Waals surface area contributed by atoms with Crippen molar-refractivity contribution >= 4 is 34.2 Å². The Morgan fingerprint density at radius 1 is 0.333 bits per heavy atom. The molecule has 124 valence electrons. The first-order valence-electron chi connectivity index (χ1n) is 5.92. The lowest BCUT2D eigenvalue weighted by Gasteiger charge is -2.24. The highest BCUT2D eigenvalue weighted by Crippen LogP contribution is 2.38. The van der Waals surface area contributed by atoms with E-state index in [-0.39, 0.29) is 0 Å². The van der Waals surface area contributed by atoms with Gasteiger partial charge in [-0.05, 0) is 0 Å². The minimum absolute atomic E-state index is 1.07. The van der Waals surface area contributed by atoms with Crippen molar-refractivity contribution in [2.24, 2.45) is 0 Å². The highest BCUT2D eigenvalue weighted by Gasteiger charge is 2.40. The molecule has 0 saturated heterocycles. The number of rotatable bonds is 0. The Balaban J connectivity index is 2.53. The lowest BCUT2D eigenvalue weighted by Crippen LogP contribution is -2.28. The van der Waals surface area contributed by atoms with Crippen molar-refractivity contribution in [3.8, 4) is 0 Å². The maximum atomic E-state index is 13.9. The fourth-order valence-corrected chi connectivity index (χ4v) is 3.13. The monoisotopic (exact) mass is 384 g/mol. The van der Waals surface area contributed by atoms with E-state index in [1.54, 1.807) is 0 Å². The Hall–Kier alpha value is -1.94. The van der Waals surface area contributed by atoms with Crippen molar-refractivity contribution in [3.63, 3.8) is 0 Å². The van der Waals surface area contributed by atoms with Crippen LogP contribution in [0.4, 0.5) is 35.1 Å². The van der Waals surface area contributed by atoms with Crippen LogP contribution in [0.25, 0.3) is 0 Å². The Labute approximate surface area is 138 Å². The van der Waals surface area contributed by atoms with Gasteiger partial charge in [-0.25, -0.2) is 35.1 Å². The molecule has 2 aromatic carbocycles. The average Bonchev–Trinajstić information content (AvgIpc) is 2.55. The Kier molecular flexibility index (Phi) is 3.72. The van der Waals surface area contributed by atoms with E-state index in [0.29, 0.717) is 0 Å². The number of halogens is 8. The fraction of sp³-hybridized carbons (Fsp3) is 0. The molecule has 0 radical (unpaired) electrons. The molecule has 3 rings (SSSR count). The Bertz CT molecular complexity index is 827. The summed E-state index contributed by atoms with van der Waals surface area (Å²) in [6, 6.07) is 0. The zero-order valence-electron chi connectivity index (χ0n) is 10.8. The van der Waals surface area contributed by atoms with Crippen LogP contribution < -0.4 is 0 Å². The van der Waals surface area contributed by atoms with Crippen LogP contribution in [-0.4, -0.2) is 9.73 Å². The van der Waals surface area contributed by atoms with Gasteiger partial charge in [-0.2, -0.15) is 0 Å². The minimum atomic E-state index is -2.26. The van der Waals surface area contributed by atoms with Crippen molar-refractivity contribution < 1.29 is 35.1 Å². The molecule has 1 aliphatic rings. The Morgan fingerprint density at radius 3 is 0.667 bits per heavy atom. The molecule has 0 fully saturated rings. The van der Waals surface area contributed by atoms with E-state index in [4.69, 9.17) is 0 Å². The first-order chi connectivity index (χ1) is 11.1. The first kappa shape index (κ1) is 16.9. The maximum absolute atomic E-state index is 13.9. The fourth-order valence-electron chi connectivity index (χ4n) is 2.37. The van der Waals surface area contributed by atoms with Gasteiger partial charge in [-0.3, -0.25) is 0 Å². The van der Waals surface area contributed by atoms with Crippen LogP contribution in [0, 0.1) is 46.5 Å². The molecule has 0 saturated carbocycles. The van der Waals surface area contributed by atoms with E-state index in [1.165, 1.54) is 0 Å². The van der Waals surface area contributed by atoms with Gasteiger partial charge in [0.15, 0.2) is 46.5 Å². The minimum Gasteiger partial charge on any atom is -0.203 e. The standard InChI is InChI=1S/C14F8S2/c15-5-1-2(6(16)10(20)9(5)19)14(24)4-3(13(1)23)7(17)11(21)12(22)8(4)18. The highest BCUT2D eigenvalue weighted by atomic mass is 32.1. The second-order valence-corrected chi connectivity index (χ2v) is 5.49. The molecule has 2 aromatic rings. The average molecular weight is 384 g/mol. The second kappa shape index (κ2) is 5.28. The van der Waals surface area contributed by atoms with Gasteiger partial charge in [0.25, 0.3) is 0 Å². The topological polar surface area (TPSA) is 0 Å². The van der Waals surface area contributed by atoms with Crippen molar-refractivity contribution in [1.82, 2.24) is 0 Å². The summed E-state index contributed by atoms with van der Waals surface area (Å²) in [5, 5.41) is 0. The van der Waals surface area contributed by atoms with Crippen LogP contribution in [0.5, 0.6) is 0 Å². The molecular formula is C14F8S2. The van der Waals surface area contributed by atoms with Gasteiger partial charge >= 0.3 is 0 Å². The Morgan fingerprint density at radius 2 is 0.500 bits per heavy atom. The van der Waals surface area contributed by atoms with E-state index in [0.717, 1.165) is 0 Å². The van der Waals surface area contributed by atoms with Gasteiger partial charge < -0.3 is 0 Å². The summed E-state index contributed by atoms with van der Waals surface area (Å²) in [7, 11) is 0. The number of fused-ring (bicyclic) bond motifs is 2. The van der Waals surface area contributed by atoms with Crippen LogP contribution in [0.2, 0.25) is 0 Å². The molecule has 0 nitrogen and oxygen atoms in total. The molecule has 0 spiro atoms. The third-order valence-corrected chi connectivity index (χ3v) is 4.26. The van der Waals surface area contributed by atoms with Crippen LogP contribution >= 0.6 is 24.4 Å². The molecule has 0 amide bonds. The molecule has 0 aromatic heterocycles. The molecule has 0 atom stereocenters. The van der Waals surface area contributed by atoms with Crippen molar-refractivity contribution in [3.05, 3.63) is 68.8 Å². The number of thiocarbonyl (C=S) groups is 2. The third kappa shape index (κ3) is 1.89. The summed E-state index contributed by atoms with van der Waals surface area (Å²) in [4.78, 5) is -2.14. The predicted molar refractivity (Wildman–Crippen MR) is 74.2 cm³/mol. The summed E-state index contributed by atoms with van der Waals surface area (Å²) in [6.45, 7) is 0. The van der Waals surface area contributed by atoms with Gasteiger partial charge in [0.1, 0.15) is 0 Å². The molecule has 0 unspecified atom stereocenters. The van der Waals surface area contributed by atoms with Crippen LogP contribution in [0.3, 0.4) is 0 Å². The number of hydrogen-bond donors (Lipinski definition) is 0. The molecular weight excluding hydrogens is 384 g/mol. The van der Waals surface area contributed by atoms with E-state index in [2.05, 4.69) is 24.4 Å². The SMILES string of the molecule is Fc1c(F)c(F)c2c(c1F)C(=S)c1c(F)c(F)c(F)c(F)c1C2=S. The largest absolute Gasteiger partial charge is 0.203 e. The summed E-state index contributed by atoms with van der Waals surface area (Å²) in [5.74, 6) is -17.1. The van der Waals surface area contributed by atoms with Crippen LogP contribution in [0.1, 0.15) is 22.3 Å². The molecule has 0 N–H and O–H groups in total. The lowest BCUT2D eigenvalue weighted by atomic mass is 9.83. The number of hydrogen-bond acceptors (Lipinski definition) is 2. The van der Waals surface area contributed by atoms with Gasteiger partial charge in [0.05, 0.1) is 9.73 Å². The van der Waals surface area contributed by atoms with E-state index < -0.39 is 78.5 Å². The normalized spacial score (nSPS) is 13.2. The number of benzene rings is 2. The predicted octanol–water partition coefficient (Wildman–Crippen LogP) is 4.65. The zero-order chi connectivity index (χ0) is 18.1. The molecule has 1 aliphatic carbocycles. The summed E-state index contributed by atoms with van der Waals surface area (Å²) in [6.07, 6.45) is 0. The summed E-state index contributed by atoms with van der Waals surface area (Å²) < 4.78 is 109. The van der Waals surface area contributed by atoms with E-state index >= 15 is 0 Å². The van der Waals surface area contributed by atoms with E-state index in [9.17, 15) is 35.1 Å². The molecule has 0 aliphatic heterocycles. The highest BCUT2D eigenvalue weighted by molar-refractivity contribution is 7.82. The zero-order valence-corrected chi connectivity index (χ0v) is 12.5. The van der Waals surface area contributed by atoms with Gasteiger partial charge in [0, 0.05) is 22.3 Å². The molecule has 0 bridgehead atoms. The molecule has 0 heterocycles. The quantitative estimate of drug-likeness (QED) is 0.240. The lowest BCUT2D eigenvalue weighted by molar-refractivity contribution is 0.403. The summed E-state index contributed by atoms with van der Waals surface area (Å²) >= 11 is 9.23. The smallest absolute Gasteiger partial charge is 0.198 e. The van der Waals surface area contributed by atoms with Crippen LogP contribution in [-0.2, 0) is 0 Å². The third-order valence-electron chi connectivity index (χ3n) is 3.44.